The van der Waals surface area contributed by atoms with Crippen molar-refractivity contribution < 1.29 is 9.53 Å². The zero-order valence-electron chi connectivity index (χ0n) is 15.7. The minimum Gasteiger partial charge on any atom is -0.444 e. The highest BCUT2D eigenvalue weighted by atomic mass is 35.5. The lowest BCUT2D eigenvalue weighted by molar-refractivity contribution is 0.105. The summed E-state index contributed by atoms with van der Waals surface area (Å²) in [5.74, 6) is 0. The second kappa shape index (κ2) is 8.52. The Morgan fingerprint density at radius 2 is 1.57 bits per heavy atom. The average Bonchev–Trinajstić information content (AvgIpc) is 3.36. The van der Waals surface area contributed by atoms with E-state index in [1.807, 2.05) is 9.80 Å². The van der Waals surface area contributed by atoms with Gasteiger partial charge in [0.25, 0.3) is 11.1 Å². The molecule has 0 spiro atoms. The van der Waals surface area contributed by atoms with Crippen LogP contribution >= 0.6 is 23.2 Å². The Balaban J connectivity index is 1.29. The summed E-state index contributed by atoms with van der Waals surface area (Å²) in [5, 5.41) is 15.1. The highest BCUT2D eigenvalue weighted by Crippen LogP contribution is 2.26. The maximum Gasteiger partial charge on any atom is 0.407 e. The van der Waals surface area contributed by atoms with Gasteiger partial charge in [-0.2, -0.15) is 10.2 Å². The molecule has 4 rings (SSSR count). The number of amides is 1. The lowest BCUT2D eigenvalue weighted by Gasteiger charge is -2.20. The molecular weight excluding hydrogens is 437 g/mol. The number of alkyl carbamates (subject to hydrolysis) is 1. The minimum atomic E-state index is -0.515. The molecule has 2 aliphatic heterocycles. The van der Waals surface area contributed by atoms with Crippen LogP contribution in [0, 0.1) is 0 Å². The van der Waals surface area contributed by atoms with Crippen molar-refractivity contribution in [2.75, 3.05) is 36.0 Å². The standard InChI is InChI=1S/C17H19Cl2N7O4/c18-13-11(5-20-23-15(13)27)25-3-1-9(7-25)22-17(29)30-10-2-4-26(8-10)12-6-21-24-16(28)14(12)19/h5-6,9-10H,1-4,7-8H2,(H,22,29)(H,23,27)(H,24,28)/t9-,10-/m1/s1. The topological polar surface area (TPSA) is 136 Å². The number of rotatable bonds is 4. The van der Waals surface area contributed by atoms with Crippen molar-refractivity contribution in [2.45, 2.75) is 25.0 Å². The van der Waals surface area contributed by atoms with Crippen molar-refractivity contribution in [3.8, 4) is 0 Å². The molecule has 2 aliphatic rings. The molecular formula is C17H19Cl2N7O4. The number of hydrogen-bond acceptors (Lipinski definition) is 8. The molecule has 2 fully saturated rings. The molecule has 0 bridgehead atoms. The number of H-pyrrole nitrogens is 2. The van der Waals surface area contributed by atoms with E-state index in [0.717, 1.165) is 0 Å². The summed E-state index contributed by atoms with van der Waals surface area (Å²) in [6.07, 6.45) is 3.42. The maximum absolute atomic E-state index is 12.3. The van der Waals surface area contributed by atoms with Gasteiger partial charge in [0.1, 0.15) is 16.1 Å². The first-order chi connectivity index (χ1) is 14.4. The monoisotopic (exact) mass is 455 g/mol. The van der Waals surface area contributed by atoms with Crippen LogP contribution in [0.25, 0.3) is 0 Å². The van der Waals surface area contributed by atoms with E-state index in [1.165, 1.54) is 12.4 Å². The SMILES string of the molecule is O=C(N[C@@H]1CCN(c2cn[nH]c(=O)c2Cl)C1)O[C@@H]1CCN(c2cn[nH]c(=O)c2Cl)C1. The molecule has 0 unspecified atom stereocenters. The van der Waals surface area contributed by atoms with Gasteiger partial charge in [-0.05, 0) is 6.42 Å². The molecule has 2 atom stereocenters. The van der Waals surface area contributed by atoms with Gasteiger partial charge in [0.05, 0.1) is 36.4 Å². The third-order valence-corrected chi connectivity index (χ3v) is 5.90. The van der Waals surface area contributed by atoms with Crippen LogP contribution in [0.1, 0.15) is 12.8 Å². The largest absolute Gasteiger partial charge is 0.444 e. The first-order valence-corrected chi connectivity index (χ1v) is 10.1. The quantitative estimate of drug-likeness (QED) is 0.613. The van der Waals surface area contributed by atoms with Gasteiger partial charge in [0.15, 0.2) is 0 Å². The molecule has 160 valence electrons. The van der Waals surface area contributed by atoms with E-state index < -0.39 is 17.2 Å². The molecule has 13 heteroatoms. The number of aromatic amines is 2. The molecule has 2 aromatic rings. The van der Waals surface area contributed by atoms with Crippen molar-refractivity contribution in [1.82, 2.24) is 25.7 Å². The number of aromatic nitrogens is 4. The summed E-state index contributed by atoms with van der Waals surface area (Å²) < 4.78 is 5.53. The smallest absolute Gasteiger partial charge is 0.407 e. The first kappa shape index (κ1) is 20.5. The van der Waals surface area contributed by atoms with Crippen molar-refractivity contribution >= 4 is 40.7 Å². The van der Waals surface area contributed by atoms with Crippen LogP contribution in [0.5, 0.6) is 0 Å². The highest BCUT2D eigenvalue weighted by Gasteiger charge is 2.30. The Bertz CT molecular complexity index is 977. The third kappa shape index (κ3) is 4.21. The van der Waals surface area contributed by atoms with E-state index in [0.29, 0.717) is 50.4 Å². The van der Waals surface area contributed by atoms with Crippen LogP contribution in [0.2, 0.25) is 10.0 Å². The molecule has 0 radical (unpaired) electrons. The van der Waals surface area contributed by atoms with Gasteiger partial charge in [-0.1, -0.05) is 23.2 Å². The molecule has 2 aromatic heterocycles. The summed E-state index contributed by atoms with van der Waals surface area (Å²) in [6, 6.07) is -0.142. The zero-order valence-corrected chi connectivity index (χ0v) is 17.2. The Kier molecular flexibility index (Phi) is 5.82. The predicted molar refractivity (Wildman–Crippen MR) is 111 cm³/mol. The molecule has 0 aromatic carbocycles. The Labute approximate surface area is 180 Å². The summed E-state index contributed by atoms with van der Waals surface area (Å²) in [5.41, 5.74) is 0.138. The van der Waals surface area contributed by atoms with E-state index in [2.05, 4.69) is 25.7 Å². The van der Waals surface area contributed by atoms with Gasteiger partial charge < -0.3 is 19.9 Å². The average molecular weight is 456 g/mol. The van der Waals surface area contributed by atoms with Crippen molar-refractivity contribution in [3.63, 3.8) is 0 Å². The second-order valence-corrected chi connectivity index (χ2v) is 7.89. The van der Waals surface area contributed by atoms with E-state index in [1.54, 1.807) is 0 Å². The lowest BCUT2D eigenvalue weighted by Crippen LogP contribution is -2.39. The van der Waals surface area contributed by atoms with Gasteiger partial charge in [0.2, 0.25) is 0 Å². The minimum absolute atomic E-state index is 0.0639. The fourth-order valence-electron chi connectivity index (χ4n) is 3.68. The first-order valence-electron chi connectivity index (χ1n) is 9.35. The van der Waals surface area contributed by atoms with E-state index in [9.17, 15) is 14.4 Å². The summed E-state index contributed by atoms with van der Waals surface area (Å²) in [7, 11) is 0. The highest BCUT2D eigenvalue weighted by molar-refractivity contribution is 6.33. The van der Waals surface area contributed by atoms with E-state index >= 15 is 0 Å². The molecule has 2 saturated heterocycles. The second-order valence-electron chi connectivity index (χ2n) is 7.13. The third-order valence-electron chi connectivity index (χ3n) is 5.16. The predicted octanol–water partition coefficient (Wildman–Crippen LogP) is 0.744. The number of carbonyl (C=O) groups is 1. The van der Waals surface area contributed by atoms with Crippen molar-refractivity contribution in [1.29, 1.82) is 0 Å². The van der Waals surface area contributed by atoms with Crippen LogP contribution < -0.4 is 26.2 Å². The Hall–Kier alpha value is -2.79. The van der Waals surface area contributed by atoms with Crippen molar-refractivity contribution in [2.24, 2.45) is 0 Å². The Morgan fingerprint density at radius 3 is 2.20 bits per heavy atom. The molecule has 3 N–H and O–H groups in total. The zero-order chi connectivity index (χ0) is 21.3. The number of carbonyl (C=O) groups excluding carboxylic acids is 1. The fourth-order valence-corrected chi connectivity index (χ4v) is 4.10. The van der Waals surface area contributed by atoms with Crippen LogP contribution in [-0.2, 0) is 4.74 Å². The molecule has 11 nitrogen and oxygen atoms in total. The van der Waals surface area contributed by atoms with Gasteiger partial charge in [-0.25, -0.2) is 15.0 Å². The maximum atomic E-state index is 12.3. The summed E-state index contributed by atoms with van der Waals surface area (Å²) >= 11 is 12.1. The van der Waals surface area contributed by atoms with Gasteiger partial charge in [-0.3, -0.25) is 9.59 Å². The number of hydrogen-bond donors (Lipinski definition) is 3. The Morgan fingerprint density at radius 1 is 1.00 bits per heavy atom. The van der Waals surface area contributed by atoms with Gasteiger partial charge in [-0.15, -0.1) is 0 Å². The van der Waals surface area contributed by atoms with Gasteiger partial charge in [0, 0.05) is 26.1 Å². The van der Waals surface area contributed by atoms with Crippen molar-refractivity contribution in [3.05, 3.63) is 43.1 Å². The molecule has 30 heavy (non-hydrogen) atoms. The lowest BCUT2D eigenvalue weighted by atomic mass is 10.3. The van der Waals surface area contributed by atoms with Crippen LogP contribution in [0.15, 0.2) is 22.0 Å². The number of halogens is 2. The number of nitrogens with one attached hydrogen (secondary N) is 3. The summed E-state index contributed by atoms with van der Waals surface area (Å²) in [6.45, 7) is 2.13. The number of ether oxygens (including phenoxy) is 1. The van der Waals surface area contributed by atoms with E-state index in [4.69, 9.17) is 27.9 Å². The molecule has 1 amide bonds. The number of anilines is 2. The normalized spacial score (nSPS) is 21.1. The van der Waals surface area contributed by atoms with Gasteiger partial charge >= 0.3 is 6.09 Å². The van der Waals surface area contributed by atoms with E-state index in [-0.39, 0.29) is 22.2 Å². The fraction of sp³-hybridized carbons (Fsp3) is 0.471. The van der Waals surface area contributed by atoms with Crippen LogP contribution in [0.4, 0.5) is 16.2 Å². The number of nitrogens with zero attached hydrogens (tertiary/aromatic N) is 4. The van der Waals surface area contributed by atoms with Crippen LogP contribution in [0.3, 0.4) is 0 Å². The summed E-state index contributed by atoms with van der Waals surface area (Å²) in [4.78, 5) is 39.3. The molecule has 0 aliphatic carbocycles. The molecule has 4 heterocycles. The molecule has 0 saturated carbocycles. The van der Waals surface area contributed by atoms with Crippen LogP contribution in [-0.4, -0.2) is 64.8 Å².